The average molecular weight is 269 g/mol. The van der Waals surface area contributed by atoms with Gasteiger partial charge in [-0.1, -0.05) is 0 Å². The Kier molecular flexibility index (Phi) is 2.90. The molecule has 0 fully saturated rings. The molecule has 100 valence electrons. The molecule has 20 heavy (non-hydrogen) atoms. The van der Waals surface area contributed by atoms with E-state index in [9.17, 15) is 9.59 Å². The van der Waals surface area contributed by atoms with Gasteiger partial charge in [-0.25, -0.2) is 9.88 Å². The maximum atomic E-state index is 12.1. The van der Waals surface area contributed by atoms with E-state index in [4.69, 9.17) is 0 Å². The van der Waals surface area contributed by atoms with Gasteiger partial charge in [-0.2, -0.15) is 0 Å². The maximum Gasteiger partial charge on any atom is 0.273 e. The van der Waals surface area contributed by atoms with Crippen molar-refractivity contribution in [1.29, 1.82) is 0 Å². The number of hydrogen-bond donors (Lipinski definition) is 1. The molecule has 0 radical (unpaired) electrons. The van der Waals surface area contributed by atoms with Crippen molar-refractivity contribution in [3.63, 3.8) is 0 Å². The third-order valence-corrected chi connectivity index (χ3v) is 3.16. The monoisotopic (exact) mass is 269 g/mol. The first-order chi connectivity index (χ1) is 9.66. The number of anilines is 1. The summed E-state index contributed by atoms with van der Waals surface area (Å²) in [6.45, 7) is 2.08. The summed E-state index contributed by atoms with van der Waals surface area (Å²) in [5, 5.41) is 3.03. The van der Waals surface area contributed by atoms with Crippen LogP contribution in [-0.4, -0.2) is 28.4 Å². The molecule has 0 aliphatic carbocycles. The van der Waals surface area contributed by atoms with Crippen LogP contribution in [0, 0.1) is 6.92 Å². The summed E-state index contributed by atoms with van der Waals surface area (Å²) >= 11 is 0. The van der Waals surface area contributed by atoms with Crippen LogP contribution < -0.4 is 10.3 Å². The predicted molar refractivity (Wildman–Crippen MR) is 71.0 cm³/mol. The Balaban J connectivity index is 1.77. The number of carbonyl (C=O) groups excluding carboxylic acids is 2. The Morgan fingerprint density at radius 1 is 1.25 bits per heavy atom. The van der Waals surface area contributed by atoms with Gasteiger partial charge in [0.2, 0.25) is 0 Å². The average Bonchev–Trinajstić information content (AvgIpc) is 2.70. The molecule has 0 spiro atoms. The quantitative estimate of drug-likeness (QED) is 0.839. The second kappa shape index (κ2) is 4.73. The Morgan fingerprint density at radius 2 is 2.05 bits per heavy atom. The van der Waals surface area contributed by atoms with Gasteiger partial charge in [-0.05, 0) is 24.6 Å². The minimum atomic E-state index is -0.321. The van der Waals surface area contributed by atoms with Gasteiger partial charge < -0.3 is 0 Å². The second-order valence-electron chi connectivity index (χ2n) is 4.57. The molecule has 2 amide bonds. The van der Waals surface area contributed by atoms with E-state index in [1.165, 1.54) is 17.3 Å². The molecule has 0 bridgehead atoms. The highest BCUT2D eigenvalue weighted by Gasteiger charge is 2.36. The fourth-order valence-corrected chi connectivity index (χ4v) is 2.12. The summed E-state index contributed by atoms with van der Waals surface area (Å²) in [4.78, 5) is 32.3. The molecule has 2 aromatic rings. The van der Waals surface area contributed by atoms with Crippen molar-refractivity contribution in [3.05, 3.63) is 53.5 Å². The van der Waals surface area contributed by atoms with E-state index in [2.05, 4.69) is 15.3 Å². The van der Waals surface area contributed by atoms with E-state index in [0.717, 1.165) is 11.4 Å². The Labute approximate surface area is 115 Å². The molecule has 1 aliphatic rings. The lowest BCUT2D eigenvalue weighted by atomic mass is 10.2. The fourth-order valence-electron chi connectivity index (χ4n) is 2.12. The number of fused-ring (bicyclic) bond motifs is 1. The van der Waals surface area contributed by atoms with Gasteiger partial charge in [-0.15, -0.1) is 0 Å². The standard InChI is InChI=1S/C14H12N4O2/c1-9-2-5-16-12(6-9)17-8-18-13(19)10-3-4-15-7-11(10)14(18)20/h2-7H,8H2,1H3,(H,16,17)/p+1. The van der Waals surface area contributed by atoms with Crippen LogP contribution in [0.1, 0.15) is 26.3 Å². The zero-order chi connectivity index (χ0) is 14.1. The van der Waals surface area contributed by atoms with Crippen molar-refractivity contribution in [1.82, 2.24) is 9.88 Å². The number of pyridine rings is 2. The van der Waals surface area contributed by atoms with E-state index in [1.54, 1.807) is 12.3 Å². The highest BCUT2D eigenvalue weighted by molar-refractivity contribution is 6.21. The van der Waals surface area contributed by atoms with Crippen LogP contribution in [0.15, 0.2) is 36.8 Å². The number of hydrogen-bond acceptors (Lipinski definition) is 4. The molecule has 0 atom stereocenters. The second-order valence-corrected chi connectivity index (χ2v) is 4.57. The van der Waals surface area contributed by atoms with E-state index in [-0.39, 0.29) is 18.5 Å². The summed E-state index contributed by atoms with van der Waals surface area (Å²) < 4.78 is 0. The van der Waals surface area contributed by atoms with Gasteiger partial charge in [0.1, 0.15) is 0 Å². The third-order valence-electron chi connectivity index (χ3n) is 3.16. The number of aromatic amines is 1. The van der Waals surface area contributed by atoms with Gasteiger partial charge in [0.05, 0.1) is 17.3 Å². The van der Waals surface area contributed by atoms with Crippen LogP contribution in [0.3, 0.4) is 0 Å². The van der Waals surface area contributed by atoms with Crippen LogP contribution in [0.25, 0.3) is 0 Å². The number of aromatic nitrogens is 2. The number of carbonyl (C=O) groups is 2. The molecule has 6 nitrogen and oxygen atoms in total. The number of nitrogens with one attached hydrogen (secondary N) is 2. The van der Waals surface area contributed by atoms with Gasteiger partial charge in [0, 0.05) is 18.5 Å². The normalized spacial score (nSPS) is 13.6. The molecule has 6 heteroatoms. The van der Waals surface area contributed by atoms with Crippen LogP contribution in [-0.2, 0) is 0 Å². The molecule has 0 saturated carbocycles. The smallest absolute Gasteiger partial charge is 0.268 e. The first kappa shape index (κ1) is 12.3. The molecular formula is C14H13N4O2+. The van der Waals surface area contributed by atoms with Crippen LogP contribution in [0.2, 0.25) is 0 Å². The fraction of sp³-hybridized carbons (Fsp3) is 0.143. The molecule has 0 aromatic carbocycles. The molecule has 1 aliphatic heterocycles. The number of aryl methyl sites for hydroxylation is 1. The van der Waals surface area contributed by atoms with E-state index in [1.807, 2.05) is 19.1 Å². The maximum absolute atomic E-state index is 12.1. The minimum Gasteiger partial charge on any atom is -0.268 e. The number of nitrogens with zero attached hydrogens (tertiary/aromatic N) is 2. The Hall–Kier alpha value is -2.76. The van der Waals surface area contributed by atoms with Gasteiger partial charge in [0.15, 0.2) is 6.67 Å². The molecule has 3 rings (SSSR count). The first-order valence-electron chi connectivity index (χ1n) is 6.19. The van der Waals surface area contributed by atoms with Gasteiger partial charge >= 0.3 is 0 Å². The zero-order valence-corrected chi connectivity index (χ0v) is 10.9. The van der Waals surface area contributed by atoms with Gasteiger partial charge in [-0.3, -0.25) is 19.9 Å². The van der Waals surface area contributed by atoms with E-state index < -0.39 is 0 Å². The lowest BCUT2D eigenvalue weighted by Crippen LogP contribution is -2.35. The van der Waals surface area contributed by atoms with Crippen molar-refractivity contribution in [2.24, 2.45) is 0 Å². The largest absolute Gasteiger partial charge is 0.273 e. The predicted octanol–water partition coefficient (Wildman–Crippen LogP) is 0.870. The number of rotatable bonds is 3. The summed E-state index contributed by atoms with van der Waals surface area (Å²) in [6.07, 6.45) is 4.73. The Morgan fingerprint density at radius 3 is 2.80 bits per heavy atom. The van der Waals surface area contributed by atoms with Crippen molar-refractivity contribution in [2.45, 2.75) is 6.92 Å². The lowest BCUT2D eigenvalue weighted by molar-refractivity contribution is -0.361. The zero-order valence-electron chi connectivity index (χ0n) is 10.9. The molecule has 2 N–H and O–H groups in total. The summed E-state index contributed by atoms with van der Waals surface area (Å²) in [5.74, 6) is 0.130. The highest BCUT2D eigenvalue weighted by Crippen LogP contribution is 2.21. The summed E-state index contributed by atoms with van der Waals surface area (Å²) in [5.41, 5.74) is 1.84. The van der Waals surface area contributed by atoms with Crippen molar-refractivity contribution in [3.8, 4) is 0 Å². The molecule has 2 aromatic heterocycles. The van der Waals surface area contributed by atoms with Crippen molar-refractivity contribution in [2.75, 3.05) is 12.0 Å². The number of imide groups is 1. The summed E-state index contributed by atoms with van der Waals surface area (Å²) in [7, 11) is 0. The van der Waals surface area contributed by atoms with Crippen LogP contribution in [0.4, 0.5) is 5.82 Å². The van der Waals surface area contributed by atoms with Crippen LogP contribution in [0.5, 0.6) is 0 Å². The minimum absolute atomic E-state index is 0.117. The molecule has 3 heterocycles. The molecular weight excluding hydrogens is 256 g/mol. The van der Waals surface area contributed by atoms with E-state index >= 15 is 0 Å². The lowest BCUT2D eigenvalue weighted by Gasteiger charge is -2.11. The Bertz CT molecular complexity index is 664. The van der Waals surface area contributed by atoms with Crippen molar-refractivity contribution < 1.29 is 14.6 Å². The van der Waals surface area contributed by atoms with Crippen LogP contribution >= 0.6 is 0 Å². The topological polar surface area (TPSA) is 76.4 Å². The summed E-state index contributed by atoms with van der Waals surface area (Å²) in [6, 6.07) is 5.40. The number of H-pyrrole nitrogens is 1. The van der Waals surface area contributed by atoms with Crippen molar-refractivity contribution >= 4 is 17.6 Å². The van der Waals surface area contributed by atoms with E-state index in [0.29, 0.717) is 11.1 Å². The first-order valence-corrected chi connectivity index (χ1v) is 6.19. The van der Waals surface area contributed by atoms with Gasteiger partial charge in [0.25, 0.3) is 17.6 Å². The molecule has 0 saturated heterocycles. The number of amides is 2. The third kappa shape index (κ3) is 2.01. The molecule has 0 unspecified atom stereocenters. The highest BCUT2D eigenvalue weighted by atomic mass is 16.2. The SMILES string of the molecule is Cc1cc[nH+]c(NCN2C(=O)c3ccncc3C2=O)c1.